The van der Waals surface area contributed by atoms with E-state index in [2.05, 4.69) is 39.2 Å². The highest BCUT2D eigenvalue weighted by Crippen LogP contribution is 2.21. The average molecular weight is 398 g/mol. The predicted octanol–water partition coefficient (Wildman–Crippen LogP) is 3.39. The maximum absolute atomic E-state index is 12.5. The first-order valence-electron chi connectivity index (χ1n) is 9.31. The van der Waals surface area contributed by atoms with Gasteiger partial charge in [0.05, 0.1) is 23.6 Å². The quantitative estimate of drug-likeness (QED) is 0.689. The lowest BCUT2D eigenvalue weighted by molar-refractivity contribution is -0.0707. The van der Waals surface area contributed by atoms with Gasteiger partial charge in [-0.2, -0.15) is 5.10 Å². The van der Waals surface area contributed by atoms with Crippen LogP contribution < -0.4 is 5.32 Å². The number of H-pyrrole nitrogens is 1. The lowest BCUT2D eigenvalue weighted by Crippen LogP contribution is -2.44. The molecule has 1 aliphatic heterocycles. The number of aromatic amines is 1. The van der Waals surface area contributed by atoms with Crippen molar-refractivity contribution in [2.75, 3.05) is 18.4 Å². The van der Waals surface area contributed by atoms with E-state index in [1.165, 1.54) is 11.3 Å². The molecule has 3 aromatic rings. The number of thiazole rings is 1. The Kier molecular flexibility index (Phi) is 5.52. The Balaban J connectivity index is 1.37. The molecule has 1 fully saturated rings. The van der Waals surface area contributed by atoms with Crippen LogP contribution in [0.25, 0.3) is 11.3 Å². The van der Waals surface area contributed by atoms with Crippen molar-refractivity contribution in [2.24, 2.45) is 0 Å². The molecule has 0 radical (unpaired) electrons. The number of nitrogens with zero attached hydrogens (tertiary/aromatic N) is 3. The summed E-state index contributed by atoms with van der Waals surface area (Å²) in [5.41, 5.74) is 3.06. The Morgan fingerprint density at radius 2 is 2.04 bits per heavy atom. The minimum absolute atomic E-state index is 0.223. The summed E-state index contributed by atoms with van der Waals surface area (Å²) in [5, 5.41) is 12.5. The highest BCUT2D eigenvalue weighted by atomic mass is 32.1. The van der Waals surface area contributed by atoms with Crippen molar-refractivity contribution < 1.29 is 9.53 Å². The van der Waals surface area contributed by atoms with E-state index in [4.69, 9.17) is 4.74 Å². The van der Waals surface area contributed by atoms with Gasteiger partial charge in [-0.25, -0.2) is 4.98 Å². The predicted molar refractivity (Wildman–Crippen MR) is 109 cm³/mol. The monoisotopic (exact) mass is 397 g/mol. The zero-order valence-corrected chi connectivity index (χ0v) is 16.7. The Morgan fingerprint density at radius 3 is 2.79 bits per heavy atom. The standard InChI is InChI=1S/C20H23N5O2S/c1-13-9-25(10-14(2)27-13)11-16-12-28-20(21-16)22-19(26)18-8-17(23-24-18)15-6-4-3-5-7-15/h3-8,12-14H,9-11H2,1-2H3,(H,23,24)(H,21,22,26). The Hall–Kier alpha value is -2.55. The van der Waals surface area contributed by atoms with Crippen LogP contribution >= 0.6 is 11.3 Å². The summed E-state index contributed by atoms with van der Waals surface area (Å²) >= 11 is 1.43. The van der Waals surface area contributed by atoms with Crippen molar-refractivity contribution in [2.45, 2.75) is 32.6 Å². The van der Waals surface area contributed by atoms with Crippen LogP contribution in [0.1, 0.15) is 30.0 Å². The lowest BCUT2D eigenvalue weighted by Gasteiger charge is -2.34. The maximum Gasteiger partial charge on any atom is 0.275 e. The number of morpholine rings is 1. The van der Waals surface area contributed by atoms with Crippen LogP contribution in [-0.2, 0) is 11.3 Å². The summed E-state index contributed by atoms with van der Waals surface area (Å²) in [5.74, 6) is -0.246. The third kappa shape index (κ3) is 4.46. The van der Waals surface area contributed by atoms with Crippen molar-refractivity contribution in [3.63, 3.8) is 0 Å². The summed E-state index contributed by atoms with van der Waals surface area (Å²) in [4.78, 5) is 19.4. The largest absolute Gasteiger partial charge is 0.373 e. The van der Waals surface area contributed by atoms with E-state index < -0.39 is 0 Å². The second-order valence-corrected chi connectivity index (χ2v) is 7.94. The van der Waals surface area contributed by atoms with Gasteiger partial charge in [-0.3, -0.25) is 20.1 Å². The molecule has 7 nitrogen and oxygen atoms in total. The van der Waals surface area contributed by atoms with Crippen LogP contribution in [-0.4, -0.2) is 51.3 Å². The van der Waals surface area contributed by atoms with Gasteiger partial charge in [0.25, 0.3) is 5.91 Å². The average Bonchev–Trinajstić information content (AvgIpc) is 3.31. The smallest absolute Gasteiger partial charge is 0.275 e. The van der Waals surface area contributed by atoms with Gasteiger partial charge in [-0.15, -0.1) is 11.3 Å². The normalized spacial score (nSPS) is 20.2. The van der Waals surface area contributed by atoms with Gasteiger partial charge in [-0.05, 0) is 19.9 Å². The highest BCUT2D eigenvalue weighted by molar-refractivity contribution is 7.13. The number of benzene rings is 1. The van der Waals surface area contributed by atoms with Crippen LogP contribution in [0.2, 0.25) is 0 Å². The lowest BCUT2D eigenvalue weighted by atomic mass is 10.1. The van der Waals surface area contributed by atoms with Crippen molar-refractivity contribution in [3.05, 3.63) is 53.2 Å². The van der Waals surface area contributed by atoms with Crippen molar-refractivity contribution in [3.8, 4) is 11.3 Å². The van der Waals surface area contributed by atoms with E-state index in [1.54, 1.807) is 6.07 Å². The highest BCUT2D eigenvalue weighted by Gasteiger charge is 2.23. The summed E-state index contributed by atoms with van der Waals surface area (Å²) in [6.07, 6.45) is 0.446. The molecule has 28 heavy (non-hydrogen) atoms. The Labute approximate surface area is 167 Å². The summed E-state index contributed by atoms with van der Waals surface area (Å²) in [6, 6.07) is 11.5. The maximum atomic E-state index is 12.5. The first-order chi connectivity index (χ1) is 13.6. The number of ether oxygens (including phenoxy) is 1. The molecule has 4 rings (SSSR count). The topological polar surface area (TPSA) is 83.1 Å². The molecular weight excluding hydrogens is 374 g/mol. The molecule has 1 amide bonds. The SMILES string of the molecule is CC1CN(Cc2csc(NC(=O)c3cc(-c4ccccc4)n[nH]3)n2)CC(C)O1. The molecule has 8 heteroatoms. The van der Waals surface area contributed by atoms with Gasteiger partial charge in [-0.1, -0.05) is 30.3 Å². The number of carbonyl (C=O) groups excluding carboxylic acids is 1. The van der Waals surface area contributed by atoms with Gasteiger partial charge in [0, 0.05) is 30.6 Å². The summed E-state index contributed by atoms with van der Waals surface area (Å²) in [7, 11) is 0. The molecule has 0 spiro atoms. The number of nitrogens with one attached hydrogen (secondary N) is 2. The van der Waals surface area contributed by atoms with E-state index in [1.807, 2.05) is 35.7 Å². The minimum Gasteiger partial charge on any atom is -0.373 e. The molecule has 0 saturated carbocycles. The van der Waals surface area contributed by atoms with Gasteiger partial charge in [0.2, 0.25) is 0 Å². The third-order valence-electron chi connectivity index (χ3n) is 4.55. The molecule has 2 atom stereocenters. The molecule has 0 aliphatic carbocycles. The second kappa shape index (κ2) is 8.22. The van der Waals surface area contributed by atoms with E-state index in [-0.39, 0.29) is 18.1 Å². The van der Waals surface area contributed by atoms with Crippen molar-refractivity contribution in [1.82, 2.24) is 20.1 Å². The van der Waals surface area contributed by atoms with E-state index in [0.29, 0.717) is 10.8 Å². The van der Waals surface area contributed by atoms with E-state index in [0.717, 1.165) is 36.6 Å². The van der Waals surface area contributed by atoms with E-state index >= 15 is 0 Å². The van der Waals surface area contributed by atoms with Gasteiger partial charge >= 0.3 is 0 Å². The van der Waals surface area contributed by atoms with Crippen LogP contribution in [0.15, 0.2) is 41.8 Å². The molecule has 1 aliphatic rings. The second-order valence-electron chi connectivity index (χ2n) is 7.08. The molecular formula is C20H23N5O2S. The van der Waals surface area contributed by atoms with Crippen LogP contribution in [0.3, 0.4) is 0 Å². The van der Waals surface area contributed by atoms with Crippen molar-refractivity contribution >= 4 is 22.4 Å². The number of hydrogen-bond acceptors (Lipinski definition) is 6. The number of anilines is 1. The molecule has 2 unspecified atom stereocenters. The molecule has 2 aromatic heterocycles. The molecule has 1 saturated heterocycles. The van der Waals surface area contributed by atoms with E-state index in [9.17, 15) is 4.79 Å². The number of hydrogen-bond donors (Lipinski definition) is 2. The molecule has 2 N–H and O–H groups in total. The van der Waals surface area contributed by atoms with Crippen LogP contribution in [0.4, 0.5) is 5.13 Å². The Bertz CT molecular complexity index is 929. The number of rotatable bonds is 5. The fourth-order valence-corrected chi connectivity index (χ4v) is 4.14. The van der Waals surface area contributed by atoms with Gasteiger partial charge in [0.15, 0.2) is 5.13 Å². The fourth-order valence-electron chi connectivity index (χ4n) is 3.44. The summed E-state index contributed by atoms with van der Waals surface area (Å²) in [6.45, 7) is 6.71. The molecule has 146 valence electrons. The number of carbonyl (C=O) groups is 1. The minimum atomic E-state index is -0.246. The number of aromatic nitrogens is 3. The third-order valence-corrected chi connectivity index (χ3v) is 5.35. The molecule has 0 bridgehead atoms. The number of amides is 1. The first-order valence-corrected chi connectivity index (χ1v) is 10.2. The van der Waals surface area contributed by atoms with Crippen LogP contribution in [0.5, 0.6) is 0 Å². The van der Waals surface area contributed by atoms with Gasteiger partial charge < -0.3 is 4.74 Å². The fraction of sp³-hybridized carbons (Fsp3) is 0.350. The first kappa shape index (κ1) is 18.8. The zero-order valence-electron chi connectivity index (χ0n) is 15.9. The summed E-state index contributed by atoms with van der Waals surface area (Å²) < 4.78 is 5.77. The molecule has 1 aromatic carbocycles. The van der Waals surface area contributed by atoms with Gasteiger partial charge in [0.1, 0.15) is 5.69 Å². The van der Waals surface area contributed by atoms with Crippen molar-refractivity contribution in [1.29, 1.82) is 0 Å². The Morgan fingerprint density at radius 1 is 1.29 bits per heavy atom. The van der Waals surface area contributed by atoms with Crippen LogP contribution in [0, 0.1) is 0 Å². The zero-order chi connectivity index (χ0) is 19.5. The molecule has 3 heterocycles.